The minimum atomic E-state index is -0.594. The molecular formula is C24H25Br2FN6O2. The Bertz CT molecular complexity index is 1240. The van der Waals surface area contributed by atoms with Crippen molar-refractivity contribution in [3.05, 3.63) is 74.7 Å². The Balaban J connectivity index is 1.65. The van der Waals surface area contributed by atoms with Crippen molar-refractivity contribution in [3.8, 4) is 11.4 Å². The lowest BCUT2D eigenvalue weighted by Crippen LogP contribution is -2.33. The SMILES string of the molecule is CC(Oc1cc(Br)cnc1NO)c1cc(F)ccc1-n1cncc1C/C(C=N)=C(\Br)NC1CCC1. The molecular weight excluding hydrogens is 583 g/mol. The normalized spacial score (nSPS) is 15.1. The second-order valence-corrected chi connectivity index (χ2v) is 9.97. The number of halogens is 3. The van der Waals surface area contributed by atoms with Crippen molar-refractivity contribution in [3.63, 3.8) is 0 Å². The predicted molar refractivity (Wildman–Crippen MR) is 139 cm³/mol. The van der Waals surface area contributed by atoms with Crippen molar-refractivity contribution in [1.82, 2.24) is 19.9 Å². The first-order valence-electron chi connectivity index (χ1n) is 11.1. The average Bonchev–Trinajstić information content (AvgIpc) is 3.27. The smallest absolute Gasteiger partial charge is 0.192 e. The molecule has 184 valence electrons. The molecule has 1 fully saturated rings. The maximum absolute atomic E-state index is 14.3. The summed E-state index contributed by atoms with van der Waals surface area (Å²) in [6.45, 7) is 1.79. The van der Waals surface area contributed by atoms with Gasteiger partial charge >= 0.3 is 0 Å². The highest BCUT2D eigenvalue weighted by Crippen LogP contribution is 2.33. The third-order valence-corrected chi connectivity index (χ3v) is 7.07. The van der Waals surface area contributed by atoms with Crippen molar-refractivity contribution in [2.45, 2.75) is 44.8 Å². The number of nitrogens with zero attached hydrogens (tertiary/aromatic N) is 3. The summed E-state index contributed by atoms with van der Waals surface area (Å²) in [6.07, 6.45) is 9.55. The van der Waals surface area contributed by atoms with Crippen LogP contribution in [0.5, 0.6) is 5.75 Å². The van der Waals surface area contributed by atoms with Crippen molar-refractivity contribution in [2.75, 3.05) is 5.48 Å². The van der Waals surface area contributed by atoms with Gasteiger partial charge in [0.2, 0.25) is 0 Å². The maximum Gasteiger partial charge on any atom is 0.192 e. The van der Waals surface area contributed by atoms with E-state index >= 15 is 0 Å². The Hall–Kier alpha value is -2.76. The molecule has 1 saturated carbocycles. The van der Waals surface area contributed by atoms with Gasteiger partial charge in [-0.3, -0.25) is 5.21 Å². The molecule has 2 aromatic heterocycles. The van der Waals surface area contributed by atoms with E-state index in [4.69, 9.17) is 10.1 Å². The van der Waals surface area contributed by atoms with Crippen LogP contribution < -0.4 is 15.5 Å². The first kappa shape index (κ1) is 25.3. The van der Waals surface area contributed by atoms with E-state index in [1.165, 1.54) is 31.0 Å². The molecule has 0 saturated heterocycles. The summed E-state index contributed by atoms with van der Waals surface area (Å²) in [5.74, 6) is 0.0441. The molecule has 1 atom stereocenters. The largest absolute Gasteiger partial charge is 0.482 e. The van der Waals surface area contributed by atoms with Crippen LogP contribution in [0.1, 0.15) is 43.5 Å². The van der Waals surface area contributed by atoms with E-state index in [2.05, 4.69) is 47.1 Å². The summed E-state index contributed by atoms with van der Waals surface area (Å²) in [4.78, 5) is 8.39. The zero-order valence-corrected chi connectivity index (χ0v) is 22.1. The van der Waals surface area contributed by atoms with Gasteiger partial charge < -0.3 is 20.0 Å². The summed E-state index contributed by atoms with van der Waals surface area (Å²) in [5, 5.41) is 20.7. The van der Waals surface area contributed by atoms with Crippen LogP contribution in [-0.2, 0) is 6.42 Å². The van der Waals surface area contributed by atoms with Crippen LogP contribution >= 0.6 is 31.9 Å². The van der Waals surface area contributed by atoms with Crippen LogP contribution in [0.2, 0.25) is 0 Å². The fourth-order valence-electron chi connectivity index (χ4n) is 3.80. The third kappa shape index (κ3) is 5.91. The van der Waals surface area contributed by atoms with Crippen LogP contribution in [0, 0.1) is 11.2 Å². The molecule has 1 unspecified atom stereocenters. The average molecular weight is 608 g/mol. The number of allylic oxidation sites excluding steroid dienone is 1. The number of imidazole rings is 1. The van der Waals surface area contributed by atoms with Gasteiger partial charge in [0.1, 0.15) is 11.9 Å². The van der Waals surface area contributed by atoms with E-state index in [0.29, 0.717) is 33.9 Å². The van der Waals surface area contributed by atoms with Crippen LogP contribution in [0.4, 0.5) is 10.2 Å². The summed E-state index contributed by atoms with van der Waals surface area (Å²) in [7, 11) is 0. The van der Waals surface area contributed by atoms with Gasteiger partial charge in [0.05, 0.1) is 16.6 Å². The van der Waals surface area contributed by atoms with Gasteiger partial charge in [-0.2, -0.15) is 0 Å². The first-order chi connectivity index (χ1) is 16.9. The van der Waals surface area contributed by atoms with Gasteiger partial charge in [0, 0.05) is 52.4 Å². The van der Waals surface area contributed by atoms with Gasteiger partial charge in [-0.1, -0.05) is 0 Å². The number of aromatic nitrogens is 3. The van der Waals surface area contributed by atoms with Gasteiger partial charge in [-0.15, -0.1) is 0 Å². The predicted octanol–water partition coefficient (Wildman–Crippen LogP) is 6.05. The van der Waals surface area contributed by atoms with Crippen molar-refractivity contribution in [1.29, 1.82) is 5.41 Å². The highest BCUT2D eigenvalue weighted by atomic mass is 79.9. The van der Waals surface area contributed by atoms with Crippen LogP contribution in [0.15, 0.2) is 57.6 Å². The van der Waals surface area contributed by atoms with Gasteiger partial charge in [-0.05, 0) is 82.3 Å². The van der Waals surface area contributed by atoms with Crippen LogP contribution in [-0.4, -0.2) is 32.0 Å². The number of benzene rings is 1. The van der Waals surface area contributed by atoms with E-state index in [-0.39, 0.29) is 5.82 Å². The molecule has 8 nitrogen and oxygen atoms in total. The number of anilines is 1. The molecule has 4 N–H and O–H groups in total. The molecule has 2 heterocycles. The maximum atomic E-state index is 14.3. The van der Waals surface area contributed by atoms with E-state index in [0.717, 1.165) is 28.7 Å². The summed E-state index contributed by atoms with van der Waals surface area (Å²) in [6, 6.07) is 6.57. The van der Waals surface area contributed by atoms with Crippen LogP contribution in [0.3, 0.4) is 0 Å². The number of rotatable bonds is 10. The van der Waals surface area contributed by atoms with Crippen molar-refractivity contribution >= 4 is 43.9 Å². The summed E-state index contributed by atoms with van der Waals surface area (Å²) >= 11 is 6.94. The van der Waals surface area contributed by atoms with E-state index in [1.807, 2.05) is 10.0 Å². The van der Waals surface area contributed by atoms with Gasteiger partial charge in [0.25, 0.3) is 0 Å². The molecule has 1 aromatic carbocycles. The standard InChI is InChI=1S/C24H25Br2FN6O2/c1-14(35-22-8-16(25)11-30-24(22)32-34)20-9-17(27)5-6-21(20)33-13-29-12-19(33)7-15(10-28)23(26)31-18-3-2-4-18/h5-6,8-14,18,28,31,34H,2-4,7H2,1H3,(H,30,32)/b23-15-,28-10?. The monoisotopic (exact) mass is 606 g/mol. The van der Waals surface area contributed by atoms with E-state index in [1.54, 1.807) is 31.6 Å². The number of nitrogens with one attached hydrogen (secondary N) is 3. The Morgan fingerprint density at radius 3 is 2.86 bits per heavy atom. The second kappa shape index (κ2) is 11.3. The molecule has 3 aromatic rings. The Labute approximate surface area is 219 Å². The zero-order valence-electron chi connectivity index (χ0n) is 18.9. The number of pyridine rings is 1. The molecule has 4 rings (SSSR count). The van der Waals surface area contributed by atoms with Gasteiger partial charge in [-0.25, -0.2) is 19.8 Å². The number of hydrogen-bond acceptors (Lipinski definition) is 7. The van der Waals surface area contributed by atoms with E-state index < -0.39 is 11.9 Å². The van der Waals surface area contributed by atoms with E-state index in [9.17, 15) is 9.60 Å². The molecule has 0 aliphatic heterocycles. The summed E-state index contributed by atoms with van der Waals surface area (Å²) in [5.41, 5.74) is 4.91. The molecule has 0 bridgehead atoms. The van der Waals surface area contributed by atoms with Crippen LogP contribution in [0.25, 0.3) is 5.69 Å². The molecule has 1 aliphatic carbocycles. The molecule has 0 radical (unpaired) electrons. The Morgan fingerprint density at radius 1 is 1.37 bits per heavy atom. The fraction of sp³-hybridized carbons (Fsp3) is 0.292. The molecule has 35 heavy (non-hydrogen) atoms. The Morgan fingerprint density at radius 2 is 2.17 bits per heavy atom. The Kier molecular flexibility index (Phi) is 8.19. The lowest BCUT2D eigenvalue weighted by Gasteiger charge is -2.28. The van der Waals surface area contributed by atoms with Crippen molar-refractivity contribution in [2.24, 2.45) is 0 Å². The highest BCUT2D eigenvalue weighted by molar-refractivity contribution is 9.11. The van der Waals surface area contributed by atoms with Crippen molar-refractivity contribution < 1.29 is 14.3 Å². The minimum absolute atomic E-state index is 0.144. The lowest BCUT2D eigenvalue weighted by atomic mass is 9.93. The molecule has 0 amide bonds. The topological polar surface area (TPSA) is 108 Å². The summed E-state index contributed by atoms with van der Waals surface area (Å²) < 4.78 is 23.7. The highest BCUT2D eigenvalue weighted by Gasteiger charge is 2.21. The first-order valence-corrected chi connectivity index (χ1v) is 12.7. The number of hydrogen-bond donors (Lipinski definition) is 4. The molecule has 11 heteroatoms. The minimum Gasteiger partial charge on any atom is -0.482 e. The quantitative estimate of drug-likeness (QED) is 0.127. The van der Waals surface area contributed by atoms with Gasteiger partial charge in [0.15, 0.2) is 11.6 Å². The third-order valence-electron chi connectivity index (χ3n) is 5.89. The zero-order chi connectivity index (χ0) is 24.9. The number of ether oxygens (including phenoxy) is 1. The molecule has 1 aliphatic rings. The lowest BCUT2D eigenvalue weighted by molar-refractivity contribution is 0.224. The fourth-order valence-corrected chi connectivity index (χ4v) is 4.69. The second-order valence-electron chi connectivity index (χ2n) is 8.26. The molecule has 0 spiro atoms.